The first kappa shape index (κ1) is 10.9. The van der Waals surface area contributed by atoms with E-state index >= 15 is 0 Å². The fraction of sp³-hybridized carbons (Fsp3) is 1.00. The minimum absolute atomic E-state index is 0.0651. The molecule has 2 N–H and O–H groups in total. The lowest BCUT2D eigenvalue weighted by Gasteiger charge is -2.17. The molecule has 78 valence electrons. The van der Waals surface area contributed by atoms with Crippen molar-refractivity contribution in [3.8, 4) is 0 Å². The largest absolute Gasteiger partial charge is 0.330 e. The van der Waals surface area contributed by atoms with Crippen LogP contribution in [0, 0.1) is 16.7 Å². The monoisotopic (exact) mass is 191 g/mol. The van der Waals surface area contributed by atoms with E-state index in [1.54, 1.807) is 0 Å². The van der Waals surface area contributed by atoms with Crippen molar-refractivity contribution in [1.29, 1.82) is 0 Å². The fourth-order valence-electron chi connectivity index (χ4n) is 2.59. The minimum atomic E-state index is -2.60. The van der Waals surface area contributed by atoms with Gasteiger partial charge in [-0.3, -0.25) is 0 Å². The number of hydrogen-bond donors (Lipinski definition) is 1. The van der Waals surface area contributed by atoms with E-state index in [-0.39, 0.29) is 23.8 Å². The summed E-state index contributed by atoms with van der Waals surface area (Å²) in [5.74, 6) is -3.11. The quantitative estimate of drug-likeness (QED) is 0.729. The highest BCUT2D eigenvalue weighted by molar-refractivity contribution is 5.17. The van der Waals surface area contributed by atoms with E-state index in [1.807, 2.05) is 27.7 Å². The zero-order valence-electron chi connectivity index (χ0n) is 8.82. The molecule has 1 fully saturated rings. The van der Waals surface area contributed by atoms with Gasteiger partial charge in [-0.1, -0.05) is 27.7 Å². The second kappa shape index (κ2) is 2.66. The van der Waals surface area contributed by atoms with Crippen molar-refractivity contribution in [3.05, 3.63) is 0 Å². The molecular formula is C10H19F2N. The first-order chi connectivity index (χ1) is 5.68. The second-order valence-electron chi connectivity index (χ2n) is 5.18. The molecule has 3 heteroatoms. The highest BCUT2D eigenvalue weighted by Gasteiger charge is 2.73. The highest BCUT2D eigenvalue weighted by Crippen LogP contribution is 2.73. The average Bonchev–Trinajstić information content (AvgIpc) is 2.22. The molecule has 0 spiro atoms. The fourth-order valence-corrected chi connectivity index (χ4v) is 2.59. The molecule has 0 atom stereocenters. The highest BCUT2D eigenvalue weighted by atomic mass is 19.3. The summed E-state index contributed by atoms with van der Waals surface area (Å²) < 4.78 is 27.0. The summed E-state index contributed by atoms with van der Waals surface area (Å²) in [7, 11) is 0. The molecule has 1 aliphatic carbocycles. The van der Waals surface area contributed by atoms with Crippen molar-refractivity contribution in [2.75, 3.05) is 6.54 Å². The van der Waals surface area contributed by atoms with Gasteiger partial charge in [0.05, 0.1) is 0 Å². The molecule has 0 radical (unpaired) electrons. The van der Waals surface area contributed by atoms with Gasteiger partial charge >= 0.3 is 0 Å². The van der Waals surface area contributed by atoms with Crippen LogP contribution in [0.25, 0.3) is 0 Å². The molecule has 0 aromatic heterocycles. The SMILES string of the molecule is CC1(C)C(C(F)(F)CCN)C1(C)C. The molecule has 0 amide bonds. The third-order valence-electron chi connectivity index (χ3n) is 3.92. The number of rotatable bonds is 3. The van der Waals surface area contributed by atoms with Crippen LogP contribution < -0.4 is 5.73 Å². The summed E-state index contributed by atoms with van der Waals surface area (Å²) in [6.07, 6.45) is -0.190. The molecule has 1 nitrogen and oxygen atoms in total. The topological polar surface area (TPSA) is 26.0 Å². The lowest BCUT2D eigenvalue weighted by molar-refractivity contribution is -0.0450. The molecule has 13 heavy (non-hydrogen) atoms. The van der Waals surface area contributed by atoms with E-state index in [1.165, 1.54) is 0 Å². The van der Waals surface area contributed by atoms with Gasteiger partial charge in [0.2, 0.25) is 0 Å². The predicted molar refractivity (Wildman–Crippen MR) is 49.7 cm³/mol. The number of hydrogen-bond acceptors (Lipinski definition) is 1. The molecule has 0 aromatic rings. The lowest BCUT2D eigenvalue weighted by Crippen LogP contribution is -2.26. The number of nitrogens with two attached hydrogens (primary N) is 1. The summed E-state index contributed by atoms with van der Waals surface area (Å²) in [5, 5.41) is 0. The number of alkyl halides is 2. The Morgan fingerprint density at radius 1 is 1.15 bits per heavy atom. The Bertz CT molecular complexity index is 195. The van der Waals surface area contributed by atoms with Gasteiger partial charge in [-0.25, -0.2) is 8.78 Å². The van der Waals surface area contributed by atoms with Crippen molar-refractivity contribution >= 4 is 0 Å². The Kier molecular flexibility index (Phi) is 2.23. The molecule has 0 aliphatic heterocycles. The van der Waals surface area contributed by atoms with Gasteiger partial charge in [0, 0.05) is 12.3 Å². The van der Waals surface area contributed by atoms with Crippen LogP contribution in [0.3, 0.4) is 0 Å². The van der Waals surface area contributed by atoms with Crippen molar-refractivity contribution in [2.24, 2.45) is 22.5 Å². The van der Waals surface area contributed by atoms with Crippen LogP contribution in [-0.2, 0) is 0 Å². The van der Waals surface area contributed by atoms with Crippen LogP contribution >= 0.6 is 0 Å². The first-order valence-electron chi connectivity index (χ1n) is 4.76. The van der Waals surface area contributed by atoms with Crippen LogP contribution in [0.4, 0.5) is 8.78 Å². The maximum absolute atomic E-state index is 13.5. The van der Waals surface area contributed by atoms with Gasteiger partial charge in [-0.2, -0.15) is 0 Å². The Hall–Kier alpha value is -0.180. The van der Waals surface area contributed by atoms with E-state index in [9.17, 15) is 8.78 Å². The molecule has 0 aromatic carbocycles. The van der Waals surface area contributed by atoms with Gasteiger partial charge < -0.3 is 5.73 Å². The zero-order valence-corrected chi connectivity index (χ0v) is 8.82. The van der Waals surface area contributed by atoms with E-state index in [2.05, 4.69) is 0 Å². The molecule has 0 unspecified atom stereocenters. The van der Waals surface area contributed by atoms with Crippen LogP contribution in [0.15, 0.2) is 0 Å². The van der Waals surface area contributed by atoms with E-state index in [0.29, 0.717) is 0 Å². The Balaban J connectivity index is 2.77. The van der Waals surface area contributed by atoms with Gasteiger partial charge in [-0.15, -0.1) is 0 Å². The van der Waals surface area contributed by atoms with Gasteiger partial charge in [0.1, 0.15) is 0 Å². The smallest absolute Gasteiger partial charge is 0.253 e. The van der Waals surface area contributed by atoms with Crippen LogP contribution in [0.5, 0.6) is 0 Å². The van der Waals surface area contributed by atoms with E-state index in [4.69, 9.17) is 5.73 Å². The Labute approximate surface area is 78.7 Å². The third-order valence-corrected chi connectivity index (χ3v) is 3.92. The molecule has 0 heterocycles. The summed E-state index contributed by atoms with van der Waals surface area (Å²) in [4.78, 5) is 0. The Morgan fingerprint density at radius 2 is 1.54 bits per heavy atom. The maximum Gasteiger partial charge on any atom is 0.253 e. The summed E-state index contributed by atoms with van der Waals surface area (Å²) >= 11 is 0. The average molecular weight is 191 g/mol. The van der Waals surface area contributed by atoms with Gasteiger partial charge in [0.15, 0.2) is 0 Å². The molecule has 1 saturated carbocycles. The minimum Gasteiger partial charge on any atom is -0.330 e. The van der Waals surface area contributed by atoms with Gasteiger partial charge in [-0.05, 0) is 17.4 Å². The lowest BCUT2D eigenvalue weighted by atomic mass is 10.0. The summed E-state index contributed by atoms with van der Waals surface area (Å²) in [6.45, 7) is 7.68. The Morgan fingerprint density at radius 3 is 1.77 bits per heavy atom. The van der Waals surface area contributed by atoms with Crippen molar-refractivity contribution in [3.63, 3.8) is 0 Å². The van der Waals surface area contributed by atoms with E-state index < -0.39 is 11.8 Å². The summed E-state index contributed by atoms with van der Waals surface area (Å²) in [5.41, 5.74) is 4.66. The predicted octanol–water partition coefficient (Wildman–Crippen LogP) is 2.65. The second-order valence-corrected chi connectivity index (χ2v) is 5.18. The molecule has 0 saturated heterocycles. The normalized spacial score (nSPS) is 26.1. The van der Waals surface area contributed by atoms with Crippen LogP contribution in [0.2, 0.25) is 0 Å². The van der Waals surface area contributed by atoms with Crippen molar-refractivity contribution < 1.29 is 8.78 Å². The summed E-state index contributed by atoms with van der Waals surface area (Å²) in [6, 6.07) is 0. The van der Waals surface area contributed by atoms with Crippen LogP contribution in [0.1, 0.15) is 34.1 Å². The zero-order chi connectivity index (χ0) is 10.5. The molecule has 1 aliphatic rings. The van der Waals surface area contributed by atoms with E-state index in [0.717, 1.165) is 0 Å². The standard InChI is InChI=1S/C10H19F2N/c1-8(2)7(9(8,3)4)10(11,12)5-6-13/h7H,5-6,13H2,1-4H3. The van der Waals surface area contributed by atoms with Crippen LogP contribution in [-0.4, -0.2) is 12.5 Å². The molecule has 1 rings (SSSR count). The maximum atomic E-state index is 13.5. The molecular weight excluding hydrogens is 172 g/mol. The third kappa shape index (κ3) is 1.37. The number of halogens is 2. The van der Waals surface area contributed by atoms with Crippen molar-refractivity contribution in [2.45, 2.75) is 40.0 Å². The van der Waals surface area contributed by atoms with Gasteiger partial charge in [0.25, 0.3) is 5.92 Å². The first-order valence-corrected chi connectivity index (χ1v) is 4.76. The van der Waals surface area contributed by atoms with Crippen molar-refractivity contribution in [1.82, 2.24) is 0 Å². The molecule has 0 bridgehead atoms.